The molecule has 0 saturated heterocycles. The fourth-order valence-electron chi connectivity index (χ4n) is 4.38. The van der Waals surface area contributed by atoms with Crippen LogP contribution in [0.25, 0.3) is 10.8 Å². The normalized spacial score (nSPS) is 12.6. The Morgan fingerprint density at radius 2 is 1.58 bits per heavy atom. The summed E-state index contributed by atoms with van der Waals surface area (Å²) in [6.07, 6.45) is 0. The summed E-state index contributed by atoms with van der Waals surface area (Å²) in [4.78, 5) is 53.4. The van der Waals surface area contributed by atoms with Crippen LogP contribution < -0.4 is 4.90 Å². The van der Waals surface area contributed by atoms with E-state index in [1.807, 2.05) is 6.07 Å². The lowest BCUT2D eigenvalue weighted by atomic mass is 9.94. The van der Waals surface area contributed by atoms with E-state index in [-0.39, 0.29) is 24.3 Å². The number of carbonyl (C=O) groups is 3. The molecule has 9 heteroatoms. The lowest BCUT2D eigenvalue weighted by Gasteiger charge is -2.30. The predicted molar refractivity (Wildman–Crippen MR) is 138 cm³/mol. The molecule has 36 heavy (non-hydrogen) atoms. The lowest BCUT2D eigenvalue weighted by Crippen LogP contribution is -2.46. The van der Waals surface area contributed by atoms with Gasteiger partial charge in [0.25, 0.3) is 23.4 Å². The zero-order valence-corrected chi connectivity index (χ0v) is 20.3. The zero-order valence-electron chi connectivity index (χ0n) is 18.8. The van der Waals surface area contributed by atoms with Gasteiger partial charge in [0.15, 0.2) is 0 Å². The van der Waals surface area contributed by atoms with Crippen molar-refractivity contribution < 1.29 is 19.3 Å². The quantitative estimate of drug-likeness (QED) is 0.183. The van der Waals surface area contributed by atoms with Gasteiger partial charge in [-0.3, -0.25) is 29.4 Å². The SMILES string of the molecule is O=C1c2cccc3c(Br)ccc(c23)C(=O)N1CCN(C(=O)c1cccc([N+](=O)[O-])c1)c1ccccc1. The number of benzene rings is 4. The number of nitrogens with zero attached hydrogens (tertiary/aromatic N) is 3. The van der Waals surface area contributed by atoms with Crippen LogP contribution in [-0.4, -0.2) is 40.6 Å². The van der Waals surface area contributed by atoms with Crippen LogP contribution in [0.15, 0.2) is 89.4 Å². The van der Waals surface area contributed by atoms with Gasteiger partial charge in [0.05, 0.1) is 4.92 Å². The van der Waals surface area contributed by atoms with Crippen molar-refractivity contribution in [3.8, 4) is 0 Å². The summed E-state index contributed by atoms with van der Waals surface area (Å²) < 4.78 is 0.787. The topological polar surface area (TPSA) is 101 Å². The number of hydrogen-bond acceptors (Lipinski definition) is 5. The first-order valence-corrected chi connectivity index (χ1v) is 11.8. The largest absolute Gasteiger partial charge is 0.307 e. The van der Waals surface area contributed by atoms with Crippen molar-refractivity contribution in [1.29, 1.82) is 0 Å². The molecule has 0 bridgehead atoms. The third-order valence-electron chi connectivity index (χ3n) is 6.10. The van der Waals surface area contributed by atoms with Gasteiger partial charge in [-0.05, 0) is 41.8 Å². The number of imide groups is 1. The van der Waals surface area contributed by atoms with Crippen LogP contribution in [0.3, 0.4) is 0 Å². The smallest absolute Gasteiger partial charge is 0.270 e. The minimum atomic E-state index is -0.564. The number of halogens is 1. The van der Waals surface area contributed by atoms with Gasteiger partial charge in [0.2, 0.25) is 0 Å². The van der Waals surface area contributed by atoms with Crippen molar-refractivity contribution in [3.63, 3.8) is 0 Å². The number of hydrogen-bond donors (Lipinski definition) is 0. The molecule has 0 radical (unpaired) electrons. The van der Waals surface area contributed by atoms with Crippen molar-refractivity contribution >= 4 is 55.8 Å². The van der Waals surface area contributed by atoms with Gasteiger partial charge in [-0.2, -0.15) is 0 Å². The Morgan fingerprint density at radius 3 is 2.31 bits per heavy atom. The number of rotatable bonds is 6. The third-order valence-corrected chi connectivity index (χ3v) is 6.79. The van der Waals surface area contributed by atoms with Crippen LogP contribution in [0, 0.1) is 10.1 Å². The van der Waals surface area contributed by atoms with Crippen molar-refractivity contribution in [1.82, 2.24) is 4.90 Å². The maximum atomic E-state index is 13.5. The molecule has 4 aromatic carbocycles. The maximum Gasteiger partial charge on any atom is 0.270 e. The number of amides is 3. The third kappa shape index (κ3) is 4.03. The summed E-state index contributed by atoms with van der Waals surface area (Å²) in [6, 6.07) is 23.0. The zero-order chi connectivity index (χ0) is 25.4. The van der Waals surface area contributed by atoms with E-state index < -0.39 is 22.6 Å². The van der Waals surface area contributed by atoms with Gasteiger partial charge >= 0.3 is 0 Å². The molecular formula is C27H18BrN3O5. The Hall–Kier alpha value is -4.37. The van der Waals surface area contributed by atoms with Crippen molar-refractivity contribution in [2.75, 3.05) is 18.0 Å². The van der Waals surface area contributed by atoms with Gasteiger partial charge in [0.1, 0.15) is 0 Å². The second kappa shape index (κ2) is 9.35. The molecule has 1 heterocycles. The fraction of sp³-hybridized carbons (Fsp3) is 0.0741. The van der Waals surface area contributed by atoms with Crippen LogP contribution in [0.5, 0.6) is 0 Å². The van der Waals surface area contributed by atoms with Crippen LogP contribution >= 0.6 is 15.9 Å². The van der Waals surface area contributed by atoms with E-state index in [9.17, 15) is 24.5 Å². The monoisotopic (exact) mass is 543 g/mol. The first-order chi connectivity index (χ1) is 17.4. The molecule has 0 fully saturated rings. The summed E-state index contributed by atoms with van der Waals surface area (Å²) in [5, 5.41) is 12.6. The minimum Gasteiger partial charge on any atom is -0.307 e. The fourth-order valence-corrected chi connectivity index (χ4v) is 4.84. The summed E-state index contributed by atoms with van der Waals surface area (Å²) in [7, 11) is 0. The molecule has 0 aliphatic carbocycles. The Balaban J connectivity index is 1.48. The van der Waals surface area contributed by atoms with Crippen molar-refractivity contribution in [2.24, 2.45) is 0 Å². The van der Waals surface area contributed by atoms with Gasteiger partial charge in [0, 0.05) is 57.5 Å². The summed E-state index contributed by atoms with van der Waals surface area (Å²) in [6.45, 7) is -0.0516. The van der Waals surface area contributed by atoms with Crippen molar-refractivity contribution in [2.45, 2.75) is 0 Å². The number of para-hydroxylation sites is 1. The Bertz CT molecular complexity index is 1530. The Morgan fingerprint density at radius 1 is 0.889 bits per heavy atom. The molecule has 4 aromatic rings. The number of nitro groups is 1. The summed E-state index contributed by atoms with van der Waals surface area (Å²) in [5.74, 6) is -1.35. The van der Waals surface area contributed by atoms with Crippen LogP contribution in [0.4, 0.5) is 11.4 Å². The van der Waals surface area contributed by atoms with Gasteiger partial charge in [-0.15, -0.1) is 0 Å². The molecule has 0 spiro atoms. The highest BCUT2D eigenvalue weighted by molar-refractivity contribution is 9.10. The number of carbonyl (C=O) groups excluding carboxylic acids is 3. The highest BCUT2D eigenvalue weighted by Gasteiger charge is 2.34. The number of nitro benzene ring substituents is 1. The molecule has 1 aliphatic rings. The molecule has 5 rings (SSSR count). The van der Waals surface area contributed by atoms with E-state index in [0.717, 1.165) is 14.8 Å². The standard InChI is InChI=1S/C27H18BrN3O5/c28-23-13-12-22-24-20(23)10-5-11-21(24)26(33)30(27(22)34)15-14-29(18-7-2-1-3-8-18)25(32)17-6-4-9-19(16-17)31(35)36/h1-13,16H,14-15H2. The minimum absolute atomic E-state index is 0.00482. The summed E-state index contributed by atoms with van der Waals surface area (Å²) in [5.41, 5.74) is 1.30. The second-order valence-electron chi connectivity index (χ2n) is 8.18. The van der Waals surface area contributed by atoms with Gasteiger partial charge in [-0.25, -0.2) is 0 Å². The van der Waals surface area contributed by atoms with Crippen LogP contribution in [0.1, 0.15) is 31.1 Å². The first-order valence-electron chi connectivity index (χ1n) is 11.1. The van der Waals surface area contributed by atoms with Crippen LogP contribution in [-0.2, 0) is 0 Å². The Labute approximate surface area is 214 Å². The number of non-ortho nitro benzene ring substituents is 1. The maximum absolute atomic E-state index is 13.5. The molecule has 0 unspecified atom stereocenters. The molecule has 1 aliphatic heterocycles. The Kier molecular flexibility index (Phi) is 6.07. The average Bonchev–Trinajstić information content (AvgIpc) is 2.90. The van der Waals surface area contributed by atoms with Gasteiger partial charge in [-0.1, -0.05) is 52.3 Å². The van der Waals surface area contributed by atoms with E-state index in [1.165, 1.54) is 29.2 Å². The predicted octanol–water partition coefficient (Wildman–Crippen LogP) is 5.45. The van der Waals surface area contributed by atoms with Gasteiger partial charge < -0.3 is 4.90 Å². The lowest BCUT2D eigenvalue weighted by molar-refractivity contribution is -0.384. The molecule has 0 N–H and O–H groups in total. The molecule has 8 nitrogen and oxygen atoms in total. The van der Waals surface area contributed by atoms with Crippen molar-refractivity contribution in [3.05, 3.63) is 116 Å². The van der Waals surface area contributed by atoms with E-state index in [0.29, 0.717) is 22.2 Å². The van der Waals surface area contributed by atoms with E-state index in [4.69, 9.17) is 0 Å². The van der Waals surface area contributed by atoms with Crippen LogP contribution in [0.2, 0.25) is 0 Å². The average molecular weight is 544 g/mol. The molecule has 0 aromatic heterocycles. The molecule has 178 valence electrons. The highest BCUT2D eigenvalue weighted by atomic mass is 79.9. The first kappa shape index (κ1) is 23.4. The molecular weight excluding hydrogens is 526 g/mol. The highest BCUT2D eigenvalue weighted by Crippen LogP contribution is 2.34. The summed E-state index contributed by atoms with van der Waals surface area (Å²) >= 11 is 3.48. The molecule has 0 saturated carbocycles. The van der Waals surface area contributed by atoms with E-state index in [2.05, 4.69) is 15.9 Å². The second-order valence-corrected chi connectivity index (χ2v) is 9.04. The molecule has 0 atom stereocenters. The number of anilines is 1. The van der Waals surface area contributed by atoms with E-state index >= 15 is 0 Å². The molecule has 3 amide bonds. The van der Waals surface area contributed by atoms with E-state index in [1.54, 1.807) is 54.6 Å².